The third-order valence-electron chi connectivity index (χ3n) is 4.70. The van der Waals surface area contributed by atoms with E-state index in [1.807, 2.05) is 61.5 Å². The lowest BCUT2D eigenvalue weighted by Crippen LogP contribution is -2.12. The number of nitrogens with one attached hydrogen (secondary N) is 1. The van der Waals surface area contributed by atoms with E-state index in [0.29, 0.717) is 41.6 Å². The van der Waals surface area contributed by atoms with Gasteiger partial charge in [0.05, 0.1) is 18.9 Å². The summed E-state index contributed by atoms with van der Waals surface area (Å²) in [6.07, 6.45) is 0. The Bertz CT molecular complexity index is 1220. The van der Waals surface area contributed by atoms with Crippen molar-refractivity contribution in [2.45, 2.75) is 20.8 Å². The van der Waals surface area contributed by atoms with E-state index in [9.17, 15) is 4.79 Å². The Morgan fingerprint density at radius 1 is 0.938 bits per heavy atom. The fourth-order valence-electron chi connectivity index (χ4n) is 3.14. The molecule has 4 rings (SSSR count). The summed E-state index contributed by atoms with van der Waals surface area (Å²) in [5.74, 6) is 1.69. The van der Waals surface area contributed by atoms with Crippen molar-refractivity contribution in [1.29, 1.82) is 0 Å². The number of aromatic nitrogens is 3. The zero-order chi connectivity index (χ0) is 22.5. The van der Waals surface area contributed by atoms with Gasteiger partial charge in [-0.1, -0.05) is 19.9 Å². The highest BCUT2D eigenvalue weighted by Gasteiger charge is 2.11. The number of ether oxygens (including phenoxy) is 2. The summed E-state index contributed by atoms with van der Waals surface area (Å²) >= 11 is 0. The Kier molecular flexibility index (Phi) is 6.35. The van der Waals surface area contributed by atoms with Crippen molar-refractivity contribution >= 4 is 22.6 Å². The number of fused-ring (bicyclic) bond motifs is 1. The largest absolute Gasteiger partial charge is 0.494 e. The van der Waals surface area contributed by atoms with Crippen LogP contribution in [0.15, 0.2) is 66.7 Å². The van der Waals surface area contributed by atoms with E-state index in [2.05, 4.69) is 29.4 Å². The van der Waals surface area contributed by atoms with Crippen molar-refractivity contribution in [3.8, 4) is 17.2 Å². The number of carbonyl (C=O) groups excluding carboxylic acids is 1. The minimum Gasteiger partial charge on any atom is -0.494 e. The van der Waals surface area contributed by atoms with Crippen LogP contribution in [0.1, 0.15) is 31.1 Å². The van der Waals surface area contributed by atoms with Crippen LogP contribution < -0.4 is 14.8 Å². The number of rotatable bonds is 8. The third-order valence-corrected chi connectivity index (χ3v) is 4.70. The Labute approximate surface area is 187 Å². The molecule has 0 fully saturated rings. The molecule has 0 saturated carbocycles. The standard InChI is InChI=1S/C25H26N4O3/c1-4-31-21-11-9-20(10-12-21)29-27-23-13-8-19(15-24(23)28-29)26-25(30)18-6-5-7-22(14-18)32-16-17(2)3/h5-15,17H,4,16H2,1-3H3,(H,26,30). The average molecular weight is 431 g/mol. The molecule has 7 nitrogen and oxygen atoms in total. The van der Waals surface area contributed by atoms with Gasteiger partial charge in [-0.3, -0.25) is 4.79 Å². The van der Waals surface area contributed by atoms with Gasteiger partial charge in [-0.05, 0) is 73.5 Å². The first-order chi connectivity index (χ1) is 15.5. The van der Waals surface area contributed by atoms with Gasteiger partial charge in [0.15, 0.2) is 0 Å². The molecule has 7 heteroatoms. The van der Waals surface area contributed by atoms with Crippen LogP contribution in [-0.4, -0.2) is 34.1 Å². The van der Waals surface area contributed by atoms with Gasteiger partial charge in [0.2, 0.25) is 0 Å². The number of benzene rings is 3. The fourth-order valence-corrected chi connectivity index (χ4v) is 3.14. The van der Waals surface area contributed by atoms with Crippen LogP contribution in [0.25, 0.3) is 16.7 Å². The minimum atomic E-state index is -0.210. The molecule has 0 aliphatic carbocycles. The lowest BCUT2D eigenvalue weighted by molar-refractivity contribution is 0.102. The number of hydrogen-bond acceptors (Lipinski definition) is 5. The molecule has 1 N–H and O–H groups in total. The van der Waals surface area contributed by atoms with Gasteiger partial charge in [-0.15, -0.1) is 10.2 Å². The summed E-state index contributed by atoms with van der Waals surface area (Å²) in [4.78, 5) is 14.3. The first-order valence-electron chi connectivity index (χ1n) is 10.7. The van der Waals surface area contributed by atoms with E-state index in [4.69, 9.17) is 9.47 Å². The first-order valence-corrected chi connectivity index (χ1v) is 10.7. The fraction of sp³-hybridized carbons (Fsp3) is 0.240. The summed E-state index contributed by atoms with van der Waals surface area (Å²) in [6, 6.07) is 20.2. The summed E-state index contributed by atoms with van der Waals surface area (Å²) in [6.45, 7) is 7.33. The molecule has 0 bridgehead atoms. The van der Waals surface area contributed by atoms with E-state index in [0.717, 1.165) is 17.0 Å². The third kappa shape index (κ3) is 5.06. The predicted octanol–water partition coefficient (Wildman–Crippen LogP) is 5.11. The van der Waals surface area contributed by atoms with E-state index < -0.39 is 0 Å². The van der Waals surface area contributed by atoms with Crippen LogP contribution in [-0.2, 0) is 0 Å². The van der Waals surface area contributed by atoms with Crippen LogP contribution in [0, 0.1) is 5.92 Å². The predicted molar refractivity (Wildman–Crippen MR) is 125 cm³/mol. The maximum atomic E-state index is 12.7. The Hall–Kier alpha value is -3.87. The zero-order valence-corrected chi connectivity index (χ0v) is 18.4. The molecule has 1 heterocycles. The van der Waals surface area contributed by atoms with E-state index >= 15 is 0 Å². The lowest BCUT2D eigenvalue weighted by atomic mass is 10.2. The molecule has 0 unspecified atom stereocenters. The second-order valence-electron chi connectivity index (χ2n) is 7.81. The molecule has 0 spiro atoms. The molecule has 1 amide bonds. The van der Waals surface area contributed by atoms with Crippen LogP contribution in [0.4, 0.5) is 5.69 Å². The van der Waals surface area contributed by atoms with E-state index in [-0.39, 0.29) is 5.91 Å². The zero-order valence-electron chi connectivity index (χ0n) is 18.4. The van der Waals surface area contributed by atoms with Crippen molar-refractivity contribution in [2.24, 2.45) is 5.92 Å². The maximum Gasteiger partial charge on any atom is 0.255 e. The SMILES string of the molecule is CCOc1ccc(-n2nc3ccc(NC(=O)c4cccc(OCC(C)C)c4)cc3n2)cc1. The summed E-state index contributed by atoms with van der Waals surface area (Å²) < 4.78 is 11.2. The molecule has 0 atom stereocenters. The van der Waals surface area contributed by atoms with Gasteiger partial charge >= 0.3 is 0 Å². The summed E-state index contributed by atoms with van der Waals surface area (Å²) in [7, 11) is 0. The summed E-state index contributed by atoms with van der Waals surface area (Å²) in [5, 5.41) is 12.0. The van der Waals surface area contributed by atoms with Gasteiger partial charge in [0.1, 0.15) is 22.5 Å². The van der Waals surface area contributed by atoms with Crippen molar-refractivity contribution in [3.05, 3.63) is 72.3 Å². The highest BCUT2D eigenvalue weighted by Crippen LogP contribution is 2.21. The van der Waals surface area contributed by atoms with E-state index in [1.54, 1.807) is 16.9 Å². The van der Waals surface area contributed by atoms with Crippen molar-refractivity contribution in [1.82, 2.24) is 15.0 Å². The maximum absolute atomic E-state index is 12.7. The number of carbonyl (C=O) groups is 1. The number of anilines is 1. The van der Waals surface area contributed by atoms with Gasteiger partial charge < -0.3 is 14.8 Å². The molecular formula is C25H26N4O3. The highest BCUT2D eigenvalue weighted by atomic mass is 16.5. The second-order valence-corrected chi connectivity index (χ2v) is 7.81. The molecule has 3 aromatic carbocycles. The normalized spacial score (nSPS) is 11.0. The average Bonchev–Trinajstić information content (AvgIpc) is 3.22. The first kappa shape index (κ1) is 21.4. The van der Waals surface area contributed by atoms with Crippen molar-refractivity contribution in [2.75, 3.05) is 18.5 Å². The highest BCUT2D eigenvalue weighted by molar-refractivity contribution is 6.05. The van der Waals surface area contributed by atoms with Crippen molar-refractivity contribution < 1.29 is 14.3 Å². The van der Waals surface area contributed by atoms with Gasteiger partial charge in [-0.25, -0.2) is 0 Å². The second kappa shape index (κ2) is 9.51. The molecule has 1 aromatic heterocycles. The van der Waals surface area contributed by atoms with Crippen LogP contribution >= 0.6 is 0 Å². The summed E-state index contributed by atoms with van der Waals surface area (Å²) in [5.41, 5.74) is 3.43. The number of hydrogen-bond donors (Lipinski definition) is 1. The smallest absolute Gasteiger partial charge is 0.255 e. The quantitative estimate of drug-likeness (QED) is 0.420. The van der Waals surface area contributed by atoms with Crippen LogP contribution in [0.5, 0.6) is 11.5 Å². The Morgan fingerprint density at radius 2 is 1.72 bits per heavy atom. The molecule has 164 valence electrons. The number of nitrogens with zero attached hydrogens (tertiary/aromatic N) is 3. The van der Waals surface area contributed by atoms with Gasteiger partial charge in [0.25, 0.3) is 5.91 Å². The topological polar surface area (TPSA) is 78.3 Å². The Morgan fingerprint density at radius 3 is 2.47 bits per heavy atom. The molecule has 32 heavy (non-hydrogen) atoms. The molecule has 0 saturated heterocycles. The van der Waals surface area contributed by atoms with Crippen LogP contribution in [0.2, 0.25) is 0 Å². The Balaban J connectivity index is 1.49. The molecule has 4 aromatic rings. The molecule has 0 aliphatic heterocycles. The van der Waals surface area contributed by atoms with Gasteiger partial charge in [0, 0.05) is 11.3 Å². The number of amides is 1. The van der Waals surface area contributed by atoms with E-state index in [1.165, 1.54) is 0 Å². The monoisotopic (exact) mass is 430 g/mol. The molecule has 0 radical (unpaired) electrons. The molecular weight excluding hydrogens is 404 g/mol. The lowest BCUT2D eigenvalue weighted by Gasteiger charge is -2.10. The van der Waals surface area contributed by atoms with Crippen LogP contribution in [0.3, 0.4) is 0 Å². The molecule has 0 aliphatic rings. The van der Waals surface area contributed by atoms with Gasteiger partial charge in [-0.2, -0.15) is 4.80 Å². The van der Waals surface area contributed by atoms with Crippen molar-refractivity contribution in [3.63, 3.8) is 0 Å². The minimum absolute atomic E-state index is 0.210.